The number of ether oxygens (including phenoxy) is 1. The van der Waals surface area contributed by atoms with Crippen molar-refractivity contribution >= 4 is 16.8 Å². The highest BCUT2D eigenvalue weighted by Gasteiger charge is 2.23. The fourth-order valence-electron chi connectivity index (χ4n) is 3.59. The zero-order valence-corrected chi connectivity index (χ0v) is 15.4. The van der Waals surface area contributed by atoms with E-state index in [1.165, 1.54) is 4.68 Å². The molecule has 1 aliphatic rings. The summed E-state index contributed by atoms with van der Waals surface area (Å²) in [6.07, 6.45) is 2.83. The molecule has 142 valence electrons. The van der Waals surface area contributed by atoms with E-state index in [0.29, 0.717) is 45.6 Å². The average Bonchev–Trinajstić information content (AvgIpc) is 3.13. The van der Waals surface area contributed by atoms with Gasteiger partial charge >= 0.3 is 5.69 Å². The molecule has 0 saturated heterocycles. The fraction of sp³-hybridized carbons (Fsp3) is 0.421. The van der Waals surface area contributed by atoms with Gasteiger partial charge in [0.1, 0.15) is 5.82 Å². The Hall–Kier alpha value is -2.87. The van der Waals surface area contributed by atoms with Gasteiger partial charge in [-0.05, 0) is 11.6 Å². The van der Waals surface area contributed by atoms with Crippen LogP contribution in [0, 0.1) is 0 Å². The van der Waals surface area contributed by atoms with Crippen LogP contribution in [0.15, 0.2) is 35.3 Å². The molecule has 0 atom stereocenters. The second kappa shape index (κ2) is 7.40. The lowest BCUT2D eigenvalue weighted by Gasteiger charge is -2.19. The van der Waals surface area contributed by atoms with Crippen molar-refractivity contribution in [1.29, 1.82) is 0 Å². The molecule has 0 spiro atoms. The Balaban J connectivity index is 1.45. The smallest absolute Gasteiger partial charge is 0.346 e. The van der Waals surface area contributed by atoms with Crippen LogP contribution in [0.2, 0.25) is 0 Å². The number of amides is 1. The average molecular weight is 369 g/mol. The van der Waals surface area contributed by atoms with Crippen LogP contribution < -0.4 is 5.69 Å². The number of methoxy groups -OCH3 is 1. The van der Waals surface area contributed by atoms with E-state index in [4.69, 9.17) is 4.74 Å². The molecule has 0 fully saturated rings. The molecule has 0 aliphatic carbocycles. The molecule has 1 N–H and O–H groups in total. The largest absolute Gasteiger partial charge is 0.383 e. The number of nitrogens with one attached hydrogen (secondary N) is 1. The molecule has 0 saturated carbocycles. The van der Waals surface area contributed by atoms with Gasteiger partial charge in [0.25, 0.3) is 0 Å². The van der Waals surface area contributed by atoms with Crippen molar-refractivity contribution in [2.24, 2.45) is 0 Å². The molecule has 0 bridgehead atoms. The highest BCUT2D eigenvalue weighted by molar-refractivity contribution is 5.88. The lowest BCUT2D eigenvalue weighted by Crippen LogP contribution is -2.36. The Labute approximate surface area is 156 Å². The third-order valence-corrected chi connectivity index (χ3v) is 5.07. The van der Waals surface area contributed by atoms with Crippen LogP contribution in [0.5, 0.6) is 0 Å². The standard InChI is InChI=1S/C19H23N5O3/c1-27-11-10-24-19(26)23-9-8-22(7-6-17(23)21-24)18(25)12-14-13-20-16-5-3-2-4-15(14)16/h2-5,13,20H,6-12H2,1H3. The van der Waals surface area contributed by atoms with Gasteiger partial charge < -0.3 is 14.6 Å². The van der Waals surface area contributed by atoms with Gasteiger partial charge in [0.15, 0.2) is 0 Å². The van der Waals surface area contributed by atoms with Gasteiger partial charge in [0.2, 0.25) is 5.91 Å². The van der Waals surface area contributed by atoms with Crippen LogP contribution in [-0.2, 0) is 35.5 Å². The molecule has 1 amide bonds. The first-order valence-corrected chi connectivity index (χ1v) is 9.15. The first-order chi connectivity index (χ1) is 13.2. The Morgan fingerprint density at radius 1 is 1.26 bits per heavy atom. The fourth-order valence-corrected chi connectivity index (χ4v) is 3.59. The van der Waals surface area contributed by atoms with Crippen LogP contribution in [0.3, 0.4) is 0 Å². The molecule has 8 nitrogen and oxygen atoms in total. The summed E-state index contributed by atoms with van der Waals surface area (Å²) >= 11 is 0. The second-order valence-electron chi connectivity index (χ2n) is 6.73. The molecule has 0 radical (unpaired) electrons. The Morgan fingerprint density at radius 3 is 2.96 bits per heavy atom. The molecule has 0 unspecified atom stereocenters. The van der Waals surface area contributed by atoms with Crippen molar-refractivity contribution in [3.8, 4) is 0 Å². The molecular weight excluding hydrogens is 346 g/mol. The zero-order chi connectivity index (χ0) is 18.8. The molecule has 4 rings (SSSR count). The van der Waals surface area contributed by atoms with Crippen molar-refractivity contribution in [2.75, 3.05) is 26.8 Å². The van der Waals surface area contributed by atoms with E-state index in [1.807, 2.05) is 35.4 Å². The third-order valence-electron chi connectivity index (χ3n) is 5.07. The summed E-state index contributed by atoms with van der Waals surface area (Å²) in [7, 11) is 1.60. The summed E-state index contributed by atoms with van der Waals surface area (Å²) in [5, 5.41) is 5.48. The van der Waals surface area contributed by atoms with Gasteiger partial charge in [-0.2, -0.15) is 5.10 Å². The van der Waals surface area contributed by atoms with Crippen LogP contribution in [0.25, 0.3) is 10.9 Å². The number of aromatic nitrogens is 4. The first-order valence-electron chi connectivity index (χ1n) is 9.15. The Kier molecular flexibility index (Phi) is 4.81. The summed E-state index contributed by atoms with van der Waals surface area (Å²) in [5.41, 5.74) is 1.90. The molecule has 27 heavy (non-hydrogen) atoms. The lowest BCUT2D eigenvalue weighted by atomic mass is 10.1. The van der Waals surface area contributed by atoms with E-state index in [1.54, 1.807) is 11.7 Å². The maximum Gasteiger partial charge on any atom is 0.346 e. The van der Waals surface area contributed by atoms with Gasteiger partial charge in [-0.15, -0.1) is 0 Å². The number of benzene rings is 1. The van der Waals surface area contributed by atoms with Gasteiger partial charge in [-0.1, -0.05) is 18.2 Å². The maximum absolute atomic E-state index is 12.8. The van der Waals surface area contributed by atoms with Crippen molar-refractivity contribution < 1.29 is 9.53 Å². The van der Waals surface area contributed by atoms with E-state index in [-0.39, 0.29) is 11.6 Å². The van der Waals surface area contributed by atoms with E-state index >= 15 is 0 Å². The van der Waals surface area contributed by atoms with Gasteiger partial charge in [0, 0.05) is 50.3 Å². The van der Waals surface area contributed by atoms with Crippen LogP contribution in [0.4, 0.5) is 0 Å². The number of H-pyrrole nitrogens is 1. The number of para-hydroxylation sites is 1. The predicted molar refractivity (Wildman–Crippen MR) is 101 cm³/mol. The minimum atomic E-state index is -0.132. The first kappa shape index (κ1) is 17.5. The third kappa shape index (κ3) is 3.40. The second-order valence-corrected chi connectivity index (χ2v) is 6.73. The van der Waals surface area contributed by atoms with Crippen LogP contribution in [-0.4, -0.2) is 56.9 Å². The Bertz CT molecular complexity index is 1020. The minimum Gasteiger partial charge on any atom is -0.383 e. The number of rotatable bonds is 5. The molecule has 1 aliphatic heterocycles. The van der Waals surface area contributed by atoms with E-state index in [9.17, 15) is 9.59 Å². The maximum atomic E-state index is 12.8. The highest BCUT2D eigenvalue weighted by Crippen LogP contribution is 2.19. The molecule has 2 aromatic heterocycles. The van der Waals surface area contributed by atoms with Crippen molar-refractivity contribution in [2.45, 2.75) is 25.9 Å². The van der Waals surface area contributed by atoms with Crippen molar-refractivity contribution in [1.82, 2.24) is 24.2 Å². The Morgan fingerprint density at radius 2 is 2.11 bits per heavy atom. The molecule has 3 aromatic rings. The number of nitrogens with zero attached hydrogens (tertiary/aromatic N) is 4. The van der Waals surface area contributed by atoms with Gasteiger partial charge in [0.05, 0.1) is 19.6 Å². The number of hydrogen-bond acceptors (Lipinski definition) is 4. The quantitative estimate of drug-likeness (QED) is 0.721. The lowest BCUT2D eigenvalue weighted by molar-refractivity contribution is -0.130. The number of carbonyl (C=O) groups is 1. The van der Waals surface area contributed by atoms with Crippen LogP contribution in [0.1, 0.15) is 11.4 Å². The van der Waals surface area contributed by atoms with E-state index in [2.05, 4.69) is 10.1 Å². The highest BCUT2D eigenvalue weighted by atomic mass is 16.5. The number of hydrogen-bond donors (Lipinski definition) is 1. The SMILES string of the molecule is COCCn1nc2n(c1=O)CCN(C(=O)Cc1c[nH]c3ccccc13)CC2. The summed E-state index contributed by atoms with van der Waals surface area (Å²) < 4.78 is 8.14. The zero-order valence-electron chi connectivity index (χ0n) is 15.4. The minimum absolute atomic E-state index is 0.0743. The van der Waals surface area contributed by atoms with Gasteiger partial charge in [-0.3, -0.25) is 9.36 Å². The summed E-state index contributed by atoms with van der Waals surface area (Å²) in [6.45, 7) is 2.46. The van der Waals surface area contributed by atoms with E-state index < -0.39 is 0 Å². The molecule has 3 heterocycles. The van der Waals surface area contributed by atoms with Crippen molar-refractivity contribution in [3.63, 3.8) is 0 Å². The van der Waals surface area contributed by atoms with Gasteiger partial charge in [-0.25, -0.2) is 9.48 Å². The summed E-state index contributed by atoms with van der Waals surface area (Å²) in [4.78, 5) is 30.3. The number of aromatic amines is 1. The van der Waals surface area contributed by atoms with E-state index in [0.717, 1.165) is 22.3 Å². The molecule has 1 aromatic carbocycles. The molecular formula is C19H23N5O3. The predicted octanol–water partition coefficient (Wildman–Crippen LogP) is 0.800. The monoisotopic (exact) mass is 369 g/mol. The summed E-state index contributed by atoms with van der Waals surface area (Å²) in [5.74, 6) is 0.809. The van der Waals surface area contributed by atoms with Crippen molar-refractivity contribution in [3.05, 3.63) is 52.3 Å². The van der Waals surface area contributed by atoms with Crippen LogP contribution >= 0.6 is 0 Å². The number of carbonyl (C=O) groups excluding carboxylic acids is 1. The number of fused-ring (bicyclic) bond motifs is 2. The normalized spacial score (nSPS) is 14.3. The summed E-state index contributed by atoms with van der Waals surface area (Å²) in [6, 6.07) is 7.97. The molecule has 8 heteroatoms. The topological polar surface area (TPSA) is 85.2 Å².